The molecular formula is C22H21ClFNO5. The van der Waals surface area contributed by atoms with Crippen LogP contribution in [-0.2, 0) is 0 Å². The molecule has 8 heteroatoms. The second-order valence-corrected chi connectivity index (χ2v) is 7.86. The van der Waals surface area contributed by atoms with Crippen molar-refractivity contribution in [2.45, 2.75) is 24.9 Å². The van der Waals surface area contributed by atoms with Gasteiger partial charge in [0.15, 0.2) is 17.3 Å². The van der Waals surface area contributed by atoms with Gasteiger partial charge in [0.2, 0.25) is 5.75 Å². The van der Waals surface area contributed by atoms with Crippen molar-refractivity contribution >= 4 is 23.3 Å². The Morgan fingerprint density at radius 1 is 1.17 bits per heavy atom. The number of methoxy groups -OCH3 is 2. The maximum atomic E-state index is 14.1. The number of ether oxygens (including phenoxy) is 3. The molecule has 0 saturated carbocycles. The maximum Gasteiger partial charge on any atom is 0.258 e. The number of carbonyl (C=O) groups is 2. The topological polar surface area (TPSA) is 65.1 Å². The molecule has 0 radical (unpaired) electrons. The van der Waals surface area contributed by atoms with Crippen LogP contribution >= 0.6 is 11.6 Å². The molecule has 2 heterocycles. The van der Waals surface area contributed by atoms with E-state index in [2.05, 4.69) is 0 Å². The first kappa shape index (κ1) is 20.5. The lowest BCUT2D eigenvalue weighted by Gasteiger charge is -2.44. The van der Waals surface area contributed by atoms with Gasteiger partial charge in [-0.2, -0.15) is 0 Å². The van der Waals surface area contributed by atoms with Crippen molar-refractivity contribution in [2.75, 3.05) is 27.3 Å². The first-order chi connectivity index (χ1) is 14.4. The Labute approximate surface area is 178 Å². The average Bonchev–Trinajstić information content (AvgIpc) is 2.73. The van der Waals surface area contributed by atoms with Gasteiger partial charge < -0.3 is 19.1 Å². The van der Waals surface area contributed by atoms with E-state index < -0.39 is 17.3 Å². The van der Waals surface area contributed by atoms with E-state index in [0.717, 1.165) is 0 Å². The summed E-state index contributed by atoms with van der Waals surface area (Å²) in [5.74, 6) is 0.0542. The van der Waals surface area contributed by atoms with Crippen LogP contribution in [0.3, 0.4) is 0 Å². The van der Waals surface area contributed by atoms with E-state index in [4.69, 9.17) is 25.8 Å². The molecule has 1 amide bonds. The molecule has 0 N–H and O–H groups in total. The summed E-state index contributed by atoms with van der Waals surface area (Å²) in [6.45, 7) is 0.636. The number of hydrogen-bond donors (Lipinski definition) is 0. The minimum absolute atomic E-state index is 0.0471. The van der Waals surface area contributed by atoms with Crippen LogP contribution in [0.4, 0.5) is 4.39 Å². The van der Waals surface area contributed by atoms with E-state index in [0.29, 0.717) is 48.7 Å². The van der Waals surface area contributed by atoms with E-state index >= 15 is 0 Å². The van der Waals surface area contributed by atoms with Gasteiger partial charge in [-0.05, 0) is 24.3 Å². The minimum atomic E-state index is -0.750. The van der Waals surface area contributed by atoms with Crippen molar-refractivity contribution in [1.29, 1.82) is 0 Å². The number of benzene rings is 2. The number of likely N-dealkylation sites (tertiary alicyclic amines) is 1. The molecule has 2 aliphatic heterocycles. The SMILES string of the molecule is COc1ccc2c(c1OC)OC1(CCN(C(=O)c3c(F)cccc3Cl)CC1)CC2=O. The number of ketones is 1. The van der Waals surface area contributed by atoms with Gasteiger partial charge in [0.05, 0.1) is 36.8 Å². The van der Waals surface area contributed by atoms with E-state index in [1.54, 1.807) is 17.0 Å². The maximum absolute atomic E-state index is 14.1. The number of Topliss-reactive ketones (excluding diaryl/α,β-unsaturated/α-hetero) is 1. The van der Waals surface area contributed by atoms with Gasteiger partial charge in [-0.1, -0.05) is 17.7 Å². The Kier molecular flexibility index (Phi) is 5.32. The van der Waals surface area contributed by atoms with E-state index in [1.807, 2.05) is 0 Å². The van der Waals surface area contributed by atoms with Crippen molar-refractivity contribution in [3.8, 4) is 17.2 Å². The first-order valence-electron chi connectivity index (χ1n) is 9.59. The Hall–Kier alpha value is -2.80. The fourth-order valence-electron chi connectivity index (χ4n) is 4.12. The number of amides is 1. The molecule has 158 valence electrons. The van der Waals surface area contributed by atoms with Gasteiger partial charge in [-0.25, -0.2) is 4.39 Å². The molecule has 0 atom stereocenters. The van der Waals surface area contributed by atoms with E-state index in [9.17, 15) is 14.0 Å². The Morgan fingerprint density at radius 2 is 1.90 bits per heavy atom. The highest BCUT2D eigenvalue weighted by atomic mass is 35.5. The van der Waals surface area contributed by atoms with Gasteiger partial charge in [-0.3, -0.25) is 9.59 Å². The lowest BCUT2D eigenvalue weighted by molar-refractivity contribution is -0.00753. The molecule has 0 unspecified atom stereocenters. The Bertz CT molecular complexity index is 997. The molecule has 2 aromatic rings. The number of carbonyl (C=O) groups excluding carboxylic acids is 2. The van der Waals surface area contributed by atoms with Crippen molar-refractivity contribution in [3.05, 3.63) is 52.3 Å². The molecule has 2 aliphatic rings. The monoisotopic (exact) mass is 433 g/mol. The number of rotatable bonds is 3. The van der Waals surface area contributed by atoms with Crippen molar-refractivity contribution in [2.24, 2.45) is 0 Å². The Morgan fingerprint density at radius 3 is 2.53 bits per heavy atom. The molecule has 1 spiro atoms. The third kappa shape index (κ3) is 3.37. The highest BCUT2D eigenvalue weighted by molar-refractivity contribution is 6.33. The standard InChI is InChI=1S/C22H21ClFNO5/c1-28-17-7-6-13-16(26)12-22(30-19(13)20(17)29-2)8-10-25(11-9-22)21(27)18-14(23)4-3-5-15(18)24/h3-7H,8-12H2,1-2H3. The molecule has 30 heavy (non-hydrogen) atoms. The fraction of sp³-hybridized carbons (Fsp3) is 0.364. The van der Waals surface area contributed by atoms with Gasteiger partial charge >= 0.3 is 0 Å². The third-order valence-electron chi connectivity index (χ3n) is 5.74. The van der Waals surface area contributed by atoms with Gasteiger partial charge in [-0.15, -0.1) is 0 Å². The van der Waals surface area contributed by atoms with Crippen molar-refractivity contribution in [3.63, 3.8) is 0 Å². The summed E-state index contributed by atoms with van der Waals surface area (Å²) < 4.78 is 31.2. The molecule has 0 bridgehead atoms. The highest BCUT2D eigenvalue weighted by Crippen LogP contribution is 2.47. The molecule has 6 nitrogen and oxygen atoms in total. The summed E-state index contributed by atoms with van der Waals surface area (Å²) in [4.78, 5) is 27.2. The first-order valence-corrected chi connectivity index (χ1v) is 9.97. The number of halogens is 2. The summed E-state index contributed by atoms with van der Waals surface area (Å²) in [5.41, 5.74) is -0.429. The number of fused-ring (bicyclic) bond motifs is 1. The largest absolute Gasteiger partial charge is 0.493 e. The van der Waals surface area contributed by atoms with Crippen LogP contribution in [0.25, 0.3) is 0 Å². The predicted molar refractivity (Wildman–Crippen MR) is 108 cm³/mol. The number of nitrogens with zero attached hydrogens (tertiary/aromatic N) is 1. The van der Waals surface area contributed by atoms with Crippen LogP contribution in [0.15, 0.2) is 30.3 Å². The third-order valence-corrected chi connectivity index (χ3v) is 6.06. The van der Waals surface area contributed by atoms with Crippen LogP contribution in [0, 0.1) is 5.82 Å². The molecular weight excluding hydrogens is 413 g/mol. The number of piperidine rings is 1. The van der Waals surface area contributed by atoms with Crippen LogP contribution < -0.4 is 14.2 Å². The summed E-state index contributed by atoms with van der Waals surface area (Å²) in [5, 5.41) is 0.0788. The van der Waals surface area contributed by atoms with Crippen LogP contribution in [0.2, 0.25) is 5.02 Å². The summed E-state index contributed by atoms with van der Waals surface area (Å²) in [6.07, 6.45) is 1.06. The quantitative estimate of drug-likeness (QED) is 0.728. The fourth-order valence-corrected chi connectivity index (χ4v) is 4.36. The van der Waals surface area contributed by atoms with Gasteiger partial charge in [0.1, 0.15) is 11.4 Å². The summed E-state index contributed by atoms with van der Waals surface area (Å²) in [7, 11) is 3.01. The smallest absolute Gasteiger partial charge is 0.258 e. The molecule has 1 saturated heterocycles. The van der Waals surface area contributed by atoms with Gasteiger partial charge in [0, 0.05) is 25.9 Å². The van der Waals surface area contributed by atoms with Crippen LogP contribution in [-0.4, -0.2) is 49.5 Å². The summed E-state index contributed by atoms with van der Waals surface area (Å²) in [6, 6.07) is 7.51. The molecule has 2 aromatic carbocycles. The molecule has 0 aliphatic carbocycles. The van der Waals surface area contributed by atoms with Crippen molar-refractivity contribution < 1.29 is 28.2 Å². The molecule has 1 fully saturated rings. The normalized spacial score (nSPS) is 17.3. The lowest BCUT2D eigenvalue weighted by atomic mass is 9.82. The second-order valence-electron chi connectivity index (χ2n) is 7.45. The molecule has 4 rings (SSSR count). The van der Waals surface area contributed by atoms with Gasteiger partial charge in [0.25, 0.3) is 5.91 Å². The zero-order valence-electron chi connectivity index (χ0n) is 16.7. The van der Waals surface area contributed by atoms with E-state index in [-0.39, 0.29) is 22.8 Å². The number of hydrogen-bond acceptors (Lipinski definition) is 5. The van der Waals surface area contributed by atoms with Crippen molar-refractivity contribution in [1.82, 2.24) is 4.90 Å². The molecule has 0 aromatic heterocycles. The van der Waals surface area contributed by atoms with Crippen LogP contribution in [0.5, 0.6) is 17.2 Å². The minimum Gasteiger partial charge on any atom is -0.493 e. The second kappa shape index (κ2) is 7.80. The lowest BCUT2D eigenvalue weighted by Crippen LogP contribution is -2.52. The Balaban J connectivity index is 1.57. The zero-order valence-corrected chi connectivity index (χ0v) is 17.4. The van der Waals surface area contributed by atoms with E-state index in [1.165, 1.54) is 32.4 Å². The zero-order chi connectivity index (χ0) is 21.5. The van der Waals surface area contributed by atoms with Crippen LogP contribution in [0.1, 0.15) is 40.0 Å². The highest BCUT2D eigenvalue weighted by Gasteiger charge is 2.45. The average molecular weight is 434 g/mol. The predicted octanol–water partition coefficient (Wildman–Crippen LogP) is 4.14. The summed E-state index contributed by atoms with van der Waals surface area (Å²) >= 11 is 6.04.